The molecule has 1 fully saturated rings. The Bertz CT molecular complexity index is 1090. The summed E-state index contributed by atoms with van der Waals surface area (Å²) in [5, 5.41) is 5.36. The largest absolute Gasteiger partial charge is 0.383 e. The van der Waals surface area contributed by atoms with Gasteiger partial charge in [-0.05, 0) is 31.0 Å². The molecule has 1 aromatic carbocycles. The van der Waals surface area contributed by atoms with Crippen LogP contribution in [-0.4, -0.2) is 68.7 Å². The van der Waals surface area contributed by atoms with E-state index in [1.165, 1.54) is 0 Å². The van der Waals surface area contributed by atoms with Gasteiger partial charge in [0, 0.05) is 36.3 Å². The molecule has 2 aliphatic heterocycles. The zero-order valence-corrected chi connectivity index (χ0v) is 19.8. The van der Waals surface area contributed by atoms with Crippen molar-refractivity contribution >= 4 is 27.5 Å². The summed E-state index contributed by atoms with van der Waals surface area (Å²) in [6, 6.07) is 6.81. The van der Waals surface area contributed by atoms with E-state index >= 15 is 0 Å². The number of imidazole rings is 1. The third kappa shape index (κ3) is 3.82. The Morgan fingerprint density at radius 2 is 1.90 bits per heavy atom. The first kappa shape index (κ1) is 21.1. The lowest BCUT2D eigenvalue weighted by Crippen LogP contribution is -2.40. The third-order valence-corrected chi connectivity index (χ3v) is 6.91. The standard InChI is InChI=1S/C21H24BrClN6O2/c1-30-10-14-4-5-15(11-31-2)27(14)9-19-25-21-16-7-13(22)3-6-17(16)28-12-24-20(23)18(28)8-29(21)26-19/h3,6-7,12,14-15H,4-5,8-11H2,1-2H3/t14-,15-/m0/s1. The van der Waals surface area contributed by atoms with E-state index in [1.54, 1.807) is 20.5 Å². The quantitative estimate of drug-likeness (QED) is 0.398. The van der Waals surface area contributed by atoms with Crippen molar-refractivity contribution in [2.45, 2.75) is 38.0 Å². The lowest BCUT2D eigenvalue weighted by molar-refractivity contribution is 0.0564. The van der Waals surface area contributed by atoms with E-state index in [9.17, 15) is 0 Å². The van der Waals surface area contributed by atoms with E-state index < -0.39 is 0 Å². The van der Waals surface area contributed by atoms with E-state index in [-0.39, 0.29) is 0 Å². The van der Waals surface area contributed by atoms with Crippen molar-refractivity contribution in [1.29, 1.82) is 0 Å². The summed E-state index contributed by atoms with van der Waals surface area (Å²) < 4.78 is 15.9. The summed E-state index contributed by atoms with van der Waals surface area (Å²) in [6.45, 7) is 2.55. The zero-order valence-electron chi connectivity index (χ0n) is 17.5. The molecule has 164 valence electrons. The van der Waals surface area contributed by atoms with Gasteiger partial charge in [-0.1, -0.05) is 27.5 Å². The van der Waals surface area contributed by atoms with Gasteiger partial charge >= 0.3 is 0 Å². The summed E-state index contributed by atoms with van der Waals surface area (Å²) in [6.07, 6.45) is 3.92. The van der Waals surface area contributed by atoms with Crippen LogP contribution in [0, 0.1) is 0 Å². The Hall–Kier alpha value is -1.78. The summed E-state index contributed by atoms with van der Waals surface area (Å²) in [7, 11) is 3.50. The van der Waals surface area contributed by atoms with Crippen molar-refractivity contribution in [2.24, 2.45) is 0 Å². The van der Waals surface area contributed by atoms with Crippen molar-refractivity contribution in [3.8, 4) is 17.1 Å². The summed E-state index contributed by atoms with van der Waals surface area (Å²) >= 11 is 10.0. The van der Waals surface area contributed by atoms with Gasteiger partial charge in [-0.2, -0.15) is 5.10 Å². The van der Waals surface area contributed by atoms with E-state index in [2.05, 4.69) is 37.9 Å². The summed E-state index contributed by atoms with van der Waals surface area (Å²) in [5.41, 5.74) is 2.88. The van der Waals surface area contributed by atoms with Crippen LogP contribution in [0.4, 0.5) is 0 Å². The fraction of sp³-hybridized carbons (Fsp3) is 0.476. The number of halogens is 2. The van der Waals surface area contributed by atoms with Crippen LogP contribution >= 0.6 is 27.5 Å². The molecule has 2 aliphatic rings. The Balaban J connectivity index is 1.53. The Kier molecular flexibility index (Phi) is 5.87. The molecule has 31 heavy (non-hydrogen) atoms. The van der Waals surface area contributed by atoms with Crippen LogP contribution < -0.4 is 0 Å². The Morgan fingerprint density at radius 1 is 1.16 bits per heavy atom. The van der Waals surface area contributed by atoms with Crippen molar-refractivity contribution in [1.82, 2.24) is 29.2 Å². The molecule has 1 saturated heterocycles. The second-order valence-electron chi connectivity index (χ2n) is 7.99. The molecule has 8 nitrogen and oxygen atoms in total. The maximum absolute atomic E-state index is 6.41. The molecule has 0 bridgehead atoms. The second kappa shape index (κ2) is 8.63. The van der Waals surface area contributed by atoms with Crippen molar-refractivity contribution < 1.29 is 9.47 Å². The van der Waals surface area contributed by atoms with E-state index in [0.29, 0.717) is 43.5 Å². The van der Waals surface area contributed by atoms with Gasteiger partial charge in [0.1, 0.15) is 6.33 Å². The molecule has 0 saturated carbocycles. The smallest absolute Gasteiger partial charge is 0.165 e. The molecule has 0 spiro atoms. The van der Waals surface area contributed by atoms with E-state index in [0.717, 1.165) is 45.9 Å². The van der Waals surface area contributed by atoms with Crippen molar-refractivity contribution in [3.05, 3.63) is 45.7 Å². The van der Waals surface area contributed by atoms with Gasteiger partial charge in [0.15, 0.2) is 16.8 Å². The molecule has 0 radical (unpaired) electrons. The van der Waals surface area contributed by atoms with Crippen LogP contribution in [0.2, 0.25) is 5.15 Å². The molecule has 0 unspecified atom stereocenters. The Labute approximate surface area is 194 Å². The highest BCUT2D eigenvalue weighted by atomic mass is 79.9. The van der Waals surface area contributed by atoms with Crippen LogP contribution in [0.3, 0.4) is 0 Å². The van der Waals surface area contributed by atoms with Gasteiger partial charge in [-0.3, -0.25) is 9.47 Å². The van der Waals surface area contributed by atoms with Crippen molar-refractivity contribution in [3.63, 3.8) is 0 Å². The minimum absolute atomic E-state index is 0.339. The molecule has 0 amide bonds. The van der Waals surface area contributed by atoms with Gasteiger partial charge in [0.05, 0.1) is 37.7 Å². The van der Waals surface area contributed by atoms with Crippen LogP contribution in [0.1, 0.15) is 24.4 Å². The number of rotatable bonds is 6. The number of nitrogens with zero attached hydrogens (tertiary/aromatic N) is 6. The molecule has 0 aliphatic carbocycles. The lowest BCUT2D eigenvalue weighted by atomic mass is 10.1. The van der Waals surface area contributed by atoms with Gasteiger partial charge in [-0.25, -0.2) is 14.6 Å². The maximum Gasteiger partial charge on any atom is 0.165 e. The molecule has 2 aromatic heterocycles. The fourth-order valence-electron chi connectivity index (χ4n) is 4.68. The van der Waals surface area contributed by atoms with Gasteiger partial charge in [0.2, 0.25) is 0 Å². The van der Waals surface area contributed by atoms with Crippen LogP contribution in [-0.2, 0) is 22.6 Å². The number of hydrogen-bond acceptors (Lipinski definition) is 6. The number of fused-ring (bicyclic) bond motifs is 5. The number of hydrogen-bond donors (Lipinski definition) is 0. The number of methoxy groups -OCH3 is 2. The molecule has 3 aromatic rings. The predicted octanol–water partition coefficient (Wildman–Crippen LogP) is 3.53. The first-order chi connectivity index (χ1) is 15.1. The molecule has 4 heterocycles. The zero-order chi connectivity index (χ0) is 21.5. The lowest BCUT2D eigenvalue weighted by Gasteiger charge is -2.28. The number of ether oxygens (including phenoxy) is 2. The number of likely N-dealkylation sites (tertiary alicyclic amines) is 1. The second-order valence-corrected chi connectivity index (χ2v) is 9.26. The summed E-state index contributed by atoms with van der Waals surface area (Å²) in [5.74, 6) is 1.62. The molecular formula is C21H24BrClN6O2. The SMILES string of the molecule is COC[C@@H]1CC[C@@H](COC)N1Cc1nc2n(n1)Cc1c(Cl)ncn1-c1ccc(Br)cc1-2. The molecular weight excluding hydrogens is 484 g/mol. The van der Waals surface area contributed by atoms with Gasteiger partial charge in [0.25, 0.3) is 0 Å². The maximum atomic E-state index is 6.41. The monoisotopic (exact) mass is 506 g/mol. The van der Waals surface area contributed by atoms with Crippen LogP contribution in [0.15, 0.2) is 29.0 Å². The average molecular weight is 508 g/mol. The fourth-order valence-corrected chi connectivity index (χ4v) is 5.24. The molecule has 0 N–H and O–H groups in total. The van der Waals surface area contributed by atoms with Gasteiger partial charge in [-0.15, -0.1) is 0 Å². The first-order valence-corrected chi connectivity index (χ1v) is 11.5. The van der Waals surface area contributed by atoms with Gasteiger partial charge < -0.3 is 9.47 Å². The summed E-state index contributed by atoms with van der Waals surface area (Å²) in [4.78, 5) is 11.7. The van der Waals surface area contributed by atoms with Crippen LogP contribution in [0.25, 0.3) is 17.1 Å². The van der Waals surface area contributed by atoms with E-state index in [1.807, 2.05) is 15.3 Å². The minimum atomic E-state index is 0.339. The highest BCUT2D eigenvalue weighted by Crippen LogP contribution is 2.35. The predicted molar refractivity (Wildman–Crippen MR) is 120 cm³/mol. The minimum Gasteiger partial charge on any atom is -0.383 e. The average Bonchev–Trinajstić information content (AvgIpc) is 3.41. The molecule has 2 atom stereocenters. The first-order valence-electron chi connectivity index (χ1n) is 10.3. The number of aromatic nitrogens is 5. The normalized spacial score (nSPS) is 20.4. The van der Waals surface area contributed by atoms with E-state index in [4.69, 9.17) is 31.2 Å². The number of benzene rings is 1. The third-order valence-electron chi connectivity index (χ3n) is 6.10. The van der Waals surface area contributed by atoms with Crippen LogP contribution in [0.5, 0.6) is 0 Å². The molecule has 5 rings (SSSR count). The topological polar surface area (TPSA) is 70.2 Å². The Morgan fingerprint density at radius 3 is 2.61 bits per heavy atom. The van der Waals surface area contributed by atoms with Crippen molar-refractivity contribution in [2.75, 3.05) is 27.4 Å². The highest BCUT2D eigenvalue weighted by Gasteiger charge is 2.34. The molecule has 10 heteroatoms. The highest BCUT2D eigenvalue weighted by molar-refractivity contribution is 9.10.